The van der Waals surface area contributed by atoms with E-state index in [2.05, 4.69) is 11.2 Å². The lowest BCUT2D eigenvalue weighted by atomic mass is 10.2. The molecule has 1 amide bonds. The Morgan fingerprint density at radius 3 is 3.07 bits per heavy atom. The quantitative estimate of drug-likeness (QED) is 0.744. The zero-order valence-corrected chi connectivity index (χ0v) is 8.82. The Hall–Kier alpha value is -1.69. The minimum Gasteiger partial charge on any atom is -0.469 e. The van der Waals surface area contributed by atoms with Gasteiger partial charge in [0.1, 0.15) is 5.76 Å². The van der Waals surface area contributed by atoms with E-state index in [0.29, 0.717) is 12.8 Å². The number of amides is 1. The topological polar surface area (TPSA) is 42.2 Å². The summed E-state index contributed by atoms with van der Waals surface area (Å²) >= 11 is 0. The summed E-state index contributed by atoms with van der Waals surface area (Å²) in [6.45, 7) is 1.94. The molecule has 0 fully saturated rings. The van der Waals surface area contributed by atoms with Gasteiger partial charge in [0, 0.05) is 12.8 Å². The van der Waals surface area contributed by atoms with Gasteiger partial charge in [-0.25, -0.2) is 0 Å². The first-order chi connectivity index (χ1) is 7.26. The van der Waals surface area contributed by atoms with Crippen molar-refractivity contribution in [2.24, 2.45) is 0 Å². The van der Waals surface area contributed by atoms with Crippen LogP contribution in [0.25, 0.3) is 0 Å². The molecule has 1 atom stereocenters. The Kier molecular flexibility index (Phi) is 4.49. The summed E-state index contributed by atoms with van der Waals surface area (Å²) in [4.78, 5) is 11.4. The first kappa shape index (κ1) is 11.4. The van der Waals surface area contributed by atoms with E-state index in [4.69, 9.17) is 10.8 Å². The van der Waals surface area contributed by atoms with Crippen LogP contribution in [0.5, 0.6) is 0 Å². The van der Waals surface area contributed by atoms with Crippen molar-refractivity contribution in [3.63, 3.8) is 0 Å². The third-order valence-corrected chi connectivity index (χ3v) is 2.12. The lowest BCUT2D eigenvalue weighted by Gasteiger charge is -2.09. The normalized spacial score (nSPS) is 11.7. The second-order valence-electron chi connectivity index (χ2n) is 3.27. The molecule has 0 aliphatic heterocycles. The molecule has 0 aliphatic rings. The van der Waals surface area contributed by atoms with E-state index in [1.165, 1.54) is 0 Å². The Labute approximate surface area is 89.9 Å². The van der Waals surface area contributed by atoms with Crippen LogP contribution in [0, 0.1) is 12.3 Å². The van der Waals surface area contributed by atoms with Gasteiger partial charge in [-0.15, -0.1) is 6.42 Å². The van der Waals surface area contributed by atoms with Gasteiger partial charge in [0.2, 0.25) is 5.91 Å². The molecule has 1 aromatic heterocycles. The summed E-state index contributed by atoms with van der Waals surface area (Å²) in [5.41, 5.74) is 0. The van der Waals surface area contributed by atoms with E-state index in [-0.39, 0.29) is 11.9 Å². The minimum absolute atomic E-state index is 0.0313. The smallest absolute Gasteiger partial charge is 0.221 e. The van der Waals surface area contributed by atoms with Crippen molar-refractivity contribution < 1.29 is 9.21 Å². The van der Waals surface area contributed by atoms with Gasteiger partial charge in [-0.3, -0.25) is 4.79 Å². The Bertz CT molecular complexity index is 335. The number of nitrogens with one attached hydrogen (secondary N) is 1. The second kappa shape index (κ2) is 5.92. The summed E-state index contributed by atoms with van der Waals surface area (Å²) in [5, 5.41) is 2.76. The van der Waals surface area contributed by atoms with E-state index in [9.17, 15) is 4.79 Å². The van der Waals surface area contributed by atoms with Crippen LogP contribution in [-0.2, 0) is 11.2 Å². The molecule has 3 heteroatoms. The molecule has 0 bridgehead atoms. The van der Waals surface area contributed by atoms with Gasteiger partial charge in [-0.1, -0.05) is 12.8 Å². The molecule has 1 N–H and O–H groups in total. The highest BCUT2D eigenvalue weighted by Crippen LogP contribution is 2.03. The van der Waals surface area contributed by atoms with E-state index in [1.54, 1.807) is 6.26 Å². The number of aryl methyl sites for hydroxylation is 1. The van der Waals surface area contributed by atoms with Gasteiger partial charge in [-0.05, 0) is 18.6 Å². The zero-order valence-electron chi connectivity index (χ0n) is 8.82. The van der Waals surface area contributed by atoms with Crippen LogP contribution in [-0.4, -0.2) is 11.9 Å². The minimum atomic E-state index is -0.158. The van der Waals surface area contributed by atoms with Gasteiger partial charge >= 0.3 is 0 Å². The molecule has 0 saturated heterocycles. The average molecular weight is 205 g/mol. The van der Waals surface area contributed by atoms with Crippen LogP contribution < -0.4 is 5.32 Å². The summed E-state index contributed by atoms with van der Waals surface area (Å²) in [7, 11) is 0. The van der Waals surface area contributed by atoms with Crippen molar-refractivity contribution in [3.8, 4) is 12.3 Å². The standard InChI is InChI=1S/C12H15NO2/c1-3-10(4-2)13-12(14)8-7-11-6-5-9-15-11/h1,5-6,9-10H,4,7-8H2,2H3,(H,13,14). The summed E-state index contributed by atoms with van der Waals surface area (Å²) in [6.07, 6.45) is 8.61. The Morgan fingerprint density at radius 1 is 1.73 bits per heavy atom. The van der Waals surface area contributed by atoms with Crippen LogP contribution in [0.3, 0.4) is 0 Å². The monoisotopic (exact) mass is 205 g/mol. The van der Waals surface area contributed by atoms with Crippen LogP contribution in [0.2, 0.25) is 0 Å². The first-order valence-corrected chi connectivity index (χ1v) is 5.04. The summed E-state index contributed by atoms with van der Waals surface area (Å²) in [6, 6.07) is 3.50. The predicted molar refractivity (Wildman–Crippen MR) is 58.1 cm³/mol. The fourth-order valence-electron chi connectivity index (χ4n) is 1.22. The molecule has 0 saturated carbocycles. The molecule has 1 rings (SSSR count). The third kappa shape index (κ3) is 3.90. The van der Waals surface area contributed by atoms with E-state index < -0.39 is 0 Å². The van der Waals surface area contributed by atoms with Crippen LogP contribution in [0.15, 0.2) is 22.8 Å². The largest absolute Gasteiger partial charge is 0.469 e. The Morgan fingerprint density at radius 2 is 2.53 bits per heavy atom. The molecule has 80 valence electrons. The highest BCUT2D eigenvalue weighted by atomic mass is 16.3. The maximum absolute atomic E-state index is 11.4. The maximum Gasteiger partial charge on any atom is 0.221 e. The first-order valence-electron chi connectivity index (χ1n) is 5.04. The van der Waals surface area contributed by atoms with Crippen LogP contribution >= 0.6 is 0 Å². The number of hydrogen-bond acceptors (Lipinski definition) is 2. The van der Waals surface area contributed by atoms with E-state index in [0.717, 1.165) is 12.2 Å². The van der Waals surface area contributed by atoms with Gasteiger partial charge in [0.25, 0.3) is 0 Å². The second-order valence-corrected chi connectivity index (χ2v) is 3.27. The molecule has 15 heavy (non-hydrogen) atoms. The molecule has 0 aliphatic carbocycles. The van der Waals surface area contributed by atoms with Crippen molar-refractivity contribution >= 4 is 5.91 Å². The molecule has 1 aromatic rings. The van der Waals surface area contributed by atoms with E-state index in [1.807, 2.05) is 19.1 Å². The number of hydrogen-bond donors (Lipinski definition) is 1. The van der Waals surface area contributed by atoms with Gasteiger partial charge in [0.05, 0.1) is 12.3 Å². The van der Waals surface area contributed by atoms with Crippen LogP contribution in [0.1, 0.15) is 25.5 Å². The number of rotatable bonds is 5. The van der Waals surface area contributed by atoms with Crippen molar-refractivity contribution in [2.45, 2.75) is 32.2 Å². The zero-order chi connectivity index (χ0) is 11.1. The van der Waals surface area contributed by atoms with Crippen molar-refractivity contribution in [2.75, 3.05) is 0 Å². The van der Waals surface area contributed by atoms with Crippen molar-refractivity contribution in [1.82, 2.24) is 5.32 Å². The van der Waals surface area contributed by atoms with Gasteiger partial charge in [0.15, 0.2) is 0 Å². The summed E-state index contributed by atoms with van der Waals surface area (Å²) in [5.74, 6) is 3.31. The Balaban J connectivity index is 2.28. The lowest BCUT2D eigenvalue weighted by Crippen LogP contribution is -2.33. The number of furan rings is 1. The number of carbonyl (C=O) groups is 1. The lowest BCUT2D eigenvalue weighted by molar-refractivity contribution is -0.121. The molecule has 3 nitrogen and oxygen atoms in total. The van der Waals surface area contributed by atoms with Gasteiger partial charge in [-0.2, -0.15) is 0 Å². The van der Waals surface area contributed by atoms with Gasteiger partial charge < -0.3 is 9.73 Å². The molecule has 0 spiro atoms. The third-order valence-electron chi connectivity index (χ3n) is 2.12. The molecular formula is C12H15NO2. The highest BCUT2D eigenvalue weighted by Gasteiger charge is 2.07. The molecule has 1 unspecified atom stereocenters. The fourth-order valence-corrected chi connectivity index (χ4v) is 1.22. The fraction of sp³-hybridized carbons (Fsp3) is 0.417. The molecule has 0 aromatic carbocycles. The molecule has 0 radical (unpaired) electrons. The van der Waals surface area contributed by atoms with E-state index >= 15 is 0 Å². The highest BCUT2D eigenvalue weighted by molar-refractivity contribution is 5.76. The predicted octanol–water partition coefficient (Wildman–Crippen LogP) is 1.74. The molecule has 1 heterocycles. The summed E-state index contributed by atoms with van der Waals surface area (Å²) < 4.78 is 5.12. The maximum atomic E-state index is 11.4. The SMILES string of the molecule is C#CC(CC)NC(=O)CCc1ccco1. The van der Waals surface area contributed by atoms with Crippen molar-refractivity contribution in [3.05, 3.63) is 24.2 Å². The number of terminal acetylenes is 1. The molecular weight excluding hydrogens is 190 g/mol. The number of carbonyl (C=O) groups excluding carboxylic acids is 1. The average Bonchev–Trinajstić information content (AvgIpc) is 2.75. The van der Waals surface area contributed by atoms with Crippen molar-refractivity contribution in [1.29, 1.82) is 0 Å². The van der Waals surface area contributed by atoms with Crippen LogP contribution in [0.4, 0.5) is 0 Å².